The Bertz CT molecular complexity index is 1650. The summed E-state index contributed by atoms with van der Waals surface area (Å²) in [5.41, 5.74) is 2.86. The van der Waals surface area contributed by atoms with Crippen LogP contribution in [0.1, 0.15) is 43.4 Å². The number of rotatable bonds is 15. The van der Waals surface area contributed by atoms with Crippen LogP contribution in [0.5, 0.6) is 0 Å². The third-order valence-electron chi connectivity index (χ3n) is 7.62. The van der Waals surface area contributed by atoms with Crippen molar-refractivity contribution >= 4 is 39.1 Å². The zero-order chi connectivity index (χ0) is 32.2. The van der Waals surface area contributed by atoms with Gasteiger partial charge in [-0.25, -0.2) is 8.42 Å². The molecule has 4 aromatic carbocycles. The number of carbonyl (C=O) groups excluding carboxylic acids is 2. The molecule has 0 saturated heterocycles. The van der Waals surface area contributed by atoms with Gasteiger partial charge in [-0.15, -0.1) is 0 Å². The number of carbonyl (C=O) groups is 2. The van der Waals surface area contributed by atoms with Crippen LogP contribution in [0, 0.1) is 0 Å². The quantitative estimate of drug-likeness (QED) is 0.147. The summed E-state index contributed by atoms with van der Waals surface area (Å²) in [7, 11) is -4.15. The van der Waals surface area contributed by atoms with Crippen LogP contribution in [-0.4, -0.2) is 44.3 Å². The summed E-state index contributed by atoms with van der Waals surface area (Å²) in [6, 6.07) is 31.0. The maximum Gasteiger partial charge on any atom is 0.264 e. The van der Waals surface area contributed by atoms with Gasteiger partial charge in [-0.2, -0.15) is 0 Å². The maximum atomic E-state index is 14.6. The van der Waals surface area contributed by atoms with Crippen LogP contribution in [0.2, 0.25) is 5.02 Å². The largest absolute Gasteiger partial charge is 0.354 e. The third-order valence-corrected chi connectivity index (χ3v) is 9.64. The molecule has 0 spiro atoms. The number of hydrogen-bond acceptors (Lipinski definition) is 4. The van der Waals surface area contributed by atoms with Gasteiger partial charge in [-0.1, -0.05) is 111 Å². The Morgan fingerprint density at radius 2 is 1.42 bits per heavy atom. The molecule has 4 rings (SSSR count). The average molecular weight is 646 g/mol. The van der Waals surface area contributed by atoms with Crippen molar-refractivity contribution < 1.29 is 18.0 Å². The van der Waals surface area contributed by atoms with Gasteiger partial charge >= 0.3 is 0 Å². The zero-order valence-electron chi connectivity index (χ0n) is 25.7. The Hall–Kier alpha value is -4.14. The number of halogens is 1. The predicted octanol–water partition coefficient (Wildman–Crippen LogP) is 6.65. The SMILES string of the molecule is CCCCNC(=O)[C@@H](Cc1ccccc1)N(Cc1ccc(Cl)cc1)C(=O)CN(c1ccccc1CC)S(=O)(=O)c1ccccc1. The van der Waals surface area contributed by atoms with E-state index in [0.717, 1.165) is 29.5 Å². The van der Waals surface area contributed by atoms with Crippen molar-refractivity contribution in [3.05, 3.63) is 131 Å². The first kappa shape index (κ1) is 33.7. The molecule has 7 nitrogen and oxygen atoms in total. The lowest BCUT2D eigenvalue weighted by Gasteiger charge is -2.34. The van der Waals surface area contributed by atoms with Gasteiger partial charge in [0.25, 0.3) is 10.0 Å². The van der Waals surface area contributed by atoms with E-state index in [1.165, 1.54) is 21.3 Å². The lowest BCUT2D eigenvalue weighted by atomic mass is 10.0. The Morgan fingerprint density at radius 3 is 2.07 bits per heavy atom. The Balaban J connectivity index is 1.80. The second kappa shape index (κ2) is 16.3. The van der Waals surface area contributed by atoms with Gasteiger partial charge in [-0.3, -0.25) is 13.9 Å². The first-order chi connectivity index (χ1) is 21.7. The van der Waals surface area contributed by atoms with Crippen LogP contribution < -0.4 is 9.62 Å². The fourth-order valence-electron chi connectivity index (χ4n) is 5.13. The molecule has 0 aliphatic rings. The summed E-state index contributed by atoms with van der Waals surface area (Å²) in [6.07, 6.45) is 2.53. The molecular formula is C36H40ClN3O4S. The molecule has 0 aliphatic carbocycles. The van der Waals surface area contributed by atoms with Crippen molar-refractivity contribution in [2.75, 3.05) is 17.4 Å². The summed E-state index contributed by atoms with van der Waals surface area (Å²) in [5.74, 6) is -0.789. The molecule has 9 heteroatoms. The molecule has 0 unspecified atom stereocenters. The molecule has 0 fully saturated rings. The molecule has 0 saturated carbocycles. The first-order valence-corrected chi connectivity index (χ1v) is 17.1. The van der Waals surface area contributed by atoms with Gasteiger partial charge < -0.3 is 10.2 Å². The number of para-hydroxylation sites is 1. The summed E-state index contributed by atoms with van der Waals surface area (Å²) in [6.45, 7) is 4.05. The van der Waals surface area contributed by atoms with Crippen molar-refractivity contribution in [1.29, 1.82) is 0 Å². The fraction of sp³-hybridized carbons (Fsp3) is 0.278. The van der Waals surface area contributed by atoms with Crippen LogP contribution in [0.15, 0.2) is 114 Å². The Morgan fingerprint density at radius 1 is 0.800 bits per heavy atom. The molecule has 2 amide bonds. The number of amides is 2. The monoisotopic (exact) mass is 645 g/mol. The Kier molecular flexibility index (Phi) is 12.2. The molecular weight excluding hydrogens is 606 g/mol. The highest BCUT2D eigenvalue weighted by Crippen LogP contribution is 2.28. The van der Waals surface area contributed by atoms with E-state index >= 15 is 0 Å². The number of benzene rings is 4. The predicted molar refractivity (Wildman–Crippen MR) is 181 cm³/mol. The van der Waals surface area contributed by atoms with Gasteiger partial charge in [0.2, 0.25) is 11.8 Å². The van der Waals surface area contributed by atoms with E-state index in [1.54, 1.807) is 42.5 Å². The number of nitrogens with zero attached hydrogens (tertiary/aromatic N) is 2. The van der Waals surface area contributed by atoms with Crippen LogP contribution in [0.25, 0.3) is 0 Å². The second-order valence-corrected chi connectivity index (χ2v) is 13.1. The van der Waals surface area contributed by atoms with Crippen LogP contribution in [-0.2, 0) is 39.0 Å². The lowest BCUT2D eigenvalue weighted by Crippen LogP contribution is -2.53. The standard InChI is InChI=1S/C36H40ClN3O4S/c1-3-5-24-38-36(42)34(25-28-14-8-6-9-15-28)39(26-29-20-22-31(37)23-21-29)35(41)27-40(33-19-13-12-16-30(33)4-2)45(43,44)32-17-10-7-11-18-32/h6-23,34H,3-5,24-27H2,1-2H3,(H,38,42)/t34-/m1/s1. The minimum Gasteiger partial charge on any atom is -0.354 e. The number of nitrogens with one attached hydrogen (secondary N) is 1. The topological polar surface area (TPSA) is 86.8 Å². The normalized spacial score (nSPS) is 11.9. The first-order valence-electron chi connectivity index (χ1n) is 15.3. The molecule has 1 atom stereocenters. The van der Waals surface area contributed by atoms with Gasteiger partial charge in [-0.05, 0) is 59.9 Å². The van der Waals surface area contributed by atoms with Crippen molar-refractivity contribution in [3.8, 4) is 0 Å². The third kappa shape index (κ3) is 8.96. The molecule has 0 radical (unpaired) electrons. The smallest absolute Gasteiger partial charge is 0.264 e. The number of hydrogen-bond donors (Lipinski definition) is 1. The molecule has 1 N–H and O–H groups in total. The molecule has 4 aromatic rings. The van der Waals surface area contributed by atoms with Crippen LogP contribution in [0.4, 0.5) is 5.69 Å². The molecule has 0 aliphatic heterocycles. The molecule has 0 bridgehead atoms. The summed E-state index contributed by atoms with van der Waals surface area (Å²) >= 11 is 6.16. The number of unbranched alkanes of at least 4 members (excludes halogenated alkanes) is 1. The van der Waals surface area contributed by atoms with E-state index in [9.17, 15) is 18.0 Å². The van der Waals surface area contributed by atoms with Gasteiger partial charge in [0.05, 0.1) is 10.6 Å². The van der Waals surface area contributed by atoms with E-state index in [1.807, 2.05) is 68.4 Å². The number of anilines is 1. The van der Waals surface area contributed by atoms with Crippen LogP contribution >= 0.6 is 11.6 Å². The fourth-order valence-corrected chi connectivity index (χ4v) is 6.73. The minimum absolute atomic E-state index is 0.0751. The van der Waals surface area contributed by atoms with Crippen LogP contribution in [0.3, 0.4) is 0 Å². The van der Waals surface area contributed by atoms with Crippen molar-refractivity contribution in [1.82, 2.24) is 10.2 Å². The average Bonchev–Trinajstić information content (AvgIpc) is 3.06. The van der Waals surface area contributed by atoms with Crippen molar-refractivity contribution in [2.45, 2.75) is 57.0 Å². The van der Waals surface area contributed by atoms with E-state index in [4.69, 9.17) is 11.6 Å². The summed E-state index contributed by atoms with van der Waals surface area (Å²) in [5, 5.41) is 3.56. The maximum absolute atomic E-state index is 14.6. The second-order valence-electron chi connectivity index (χ2n) is 10.8. The molecule has 236 valence electrons. The van der Waals surface area contributed by atoms with Crippen molar-refractivity contribution in [3.63, 3.8) is 0 Å². The minimum atomic E-state index is -4.15. The van der Waals surface area contributed by atoms with Gasteiger partial charge in [0, 0.05) is 24.5 Å². The van der Waals surface area contributed by atoms with Gasteiger partial charge in [0.15, 0.2) is 0 Å². The zero-order valence-corrected chi connectivity index (χ0v) is 27.3. The number of aryl methyl sites for hydroxylation is 1. The Labute approximate surface area is 271 Å². The highest BCUT2D eigenvalue weighted by molar-refractivity contribution is 7.92. The van der Waals surface area contributed by atoms with E-state index in [-0.39, 0.29) is 23.8 Å². The van der Waals surface area contributed by atoms with E-state index in [2.05, 4.69) is 5.32 Å². The van der Waals surface area contributed by atoms with E-state index in [0.29, 0.717) is 23.7 Å². The van der Waals surface area contributed by atoms with Crippen molar-refractivity contribution in [2.24, 2.45) is 0 Å². The molecule has 0 aromatic heterocycles. The molecule has 0 heterocycles. The number of sulfonamides is 1. The summed E-state index contributed by atoms with van der Waals surface area (Å²) < 4.78 is 29.5. The molecule has 45 heavy (non-hydrogen) atoms. The lowest BCUT2D eigenvalue weighted by molar-refractivity contribution is -0.140. The highest BCUT2D eigenvalue weighted by Gasteiger charge is 2.35. The van der Waals surface area contributed by atoms with E-state index < -0.39 is 28.5 Å². The highest BCUT2D eigenvalue weighted by atomic mass is 35.5. The summed E-state index contributed by atoms with van der Waals surface area (Å²) in [4.78, 5) is 30.0. The van der Waals surface area contributed by atoms with Gasteiger partial charge in [0.1, 0.15) is 12.6 Å².